The van der Waals surface area contributed by atoms with Crippen LogP contribution < -0.4 is 10.9 Å². The maximum Gasteiger partial charge on any atom is 0.278 e. The SMILES string of the molecule is O=C(Nc1ccc(-c2n[nH]c(=O)c3ccccc23)cc1)c1noc2ccccc12. The lowest BCUT2D eigenvalue weighted by atomic mass is 10.0. The summed E-state index contributed by atoms with van der Waals surface area (Å²) in [6.45, 7) is 0. The molecule has 2 N–H and O–H groups in total. The molecule has 0 saturated heterocycles. The van der Waals surface area contributed by atoms with Crippen LogP contribution in [0.1, 0.15) is 10.5 Å². The van der Waals surface area contributed by atoms with Crippen molar-refractivity contribution in [2.75, 3.05) is 5.32 Å². The largest absolute Gasteiger partial charge is 0.355 e. The van der Waals surface area contributed by atoms with Crippen LogP contribution in [0.15, 0.2) is 82.1 Å². The maximum atomic E-state index is 12.6. The summed E-state index contributed by atoms with van der Waals surface area (Å²) in [5, 5.41) is 15.4. The fourth-order valence-electron chi connectivity index (χ4n) is 3.29. The molecule has 0 atom stereocenters. The van der Waals surface area contributed by atoms with Gasteiger partial charge >= 0.3 is 0 Å². The van der Waals surface area contributed by atoms with E-state index in [1.54, 1.807) is 30.3 Å². The van der Waals surface area contributed by atoms with Gasteiger partial charge in [-0.1, -0.05) is 47.6 Å². The molecule has 29 heavy (non-hydrogen) atoms. The molecule has 0 unspecified atom stereocenters. The number of amides is 1. The number of nitrogens with zero attached hydrogens (tertiary/aromatic N) is 2. The lowest BCUT2D eigenvalue weighted by molar-refractivity contribution is 0.102. The van der Waals surface area contributed by atoms with Gasteiger partial charge in [0.05, 0.1) is 16.5 Å². The molecule has 0 saturated carbocycles. The Morgan fingerprint density at radius 3 is 2.34 bits per heavy atom. The highest BCUT2D eigenvalue weighted by Gasteiger charge is 2.16. The van der Waals surface area contributed by atoms with Gasteiger partial charge in [-0.3, -0.25) is 9.59 Å². The van der Waals surface area contributed by atoms with Crippen molar-refractivity contribution in [1.29, 1.82) is 0 Å². The molecule has 7 heteroatoms. The summed E-state index contributed by atoms with van der Waals surface area (Å²) in [5.41, 5.74) is 2.66. The van der Waals surface area contributed by atoms with Crippen molar-refractivity contribution >= 4 is 33.3 Å². The molecule has 0 fully saturated rings. The Kier molecular flexibility index (Phi) is 3.91. The summed E-state index contributed by atoms with van der Waals surface area (Å²) in [7, 11) is 0. The fourth-order valence-corrected chi connectivity index (χ4v) is 3.29. The van der Waals surface area contributed by atoms with Gasteiger partial charge in [0, 0.05) is 16.6 Å². The zero-order valence-electron chi connectivity index (χ0n) is 15.0. The van der Waals surface area contributed by atoms with Crippen LogP contribution in [0, 0.1) is 0 Å². The van der Waals surface area contributed by atoms with Gasteiger partial charge in [-0.2, -0.15) is 5.10 Å². The van der Waals surface area contributed by atoms with Crippen LogP contribution >= 0.6 is 0 Å². The summed E-state index contributed by atoms with van der Waals surface area (Å²) < 4.78 is 5.19. The van der Waals surface area contributed by atoms with E-state index in [1.165, 1.54) is 0 Å². The minimum absolute atomic E-state index is 0.229. The second kappa shape index (κ2) is 6.72. The normalized spacial score (nSPS) is 11.0. The summed E-state index contributed by atoms with van der Waals surface area (Å²) in [5.74, 6) is -0.352. The number of nitrogens with one attached hydrogen (secondary N) is 2. The third-order valence-corrected chi connectivity index (χ3v) is 4.70. The molecule has 0 spiro atoms. The van der Waals surface area contributed by atoms with Gasteiger partial charge < -0.3 is 9.84 Å². The van der Waals surface area contributed by atoms with Crippen LogP contribution in [-0.4, -0.2) is 21.3 Å². The maximum absolute atomic E-state index is 12.6. The van der Waals surface area contributed by atoms with E-state index in [9.17, 15) is 9.59 Å². The van der Waals surface area contributed by atoms with E-state index in [2.05, 4.69) is 20.7 Å². The number of fused-ring (bicyclic) bond motifs is 2. The van der Waals surface area contributed by atoms with Crippen LogP contribution in [0.2, 0.25) is 0 Å². The van der Waals surface area contributed by atoms with Crippen LogP contribution in [-0.2, 0) is 0 Å². The zero-order valence-corrected chi connectivity index (χ0v) is 15.0. The monoisotopic (exact) mass is 382 g/mol. The van der Waals surface area contributed by atoms with E-state index in [0.717, 1.165) is 10.9 Å². The number of carbonyl (C=O) groups excluding carboxylic acids is 1. The molecule has 7 nitrogen and oxygen atoms in total. The minimum atomic E-state index is -0.352. The third-order valence-electron chi connectivity index (χ3n) is 4.70. The molecule has 1 amide bonds. The van der Waals surface area contributed by atoms with Crippen molar-refractivity contribution in [2.45, 2.75) is 0 Å². The number of rotatable bonds is 3. The molecule has 0 aliphatic carbocycles. The van der Waals surface area contributed by atoms with Crippen LogP contribution in [0.25, 0.3) is 33.0 Å². The topological polar surface area (TPSA) is 101 Å². The summed E-state index contributed by atoms with van der Waals surface area (Å²) >= 11 is 0. The molecule has 2 aromatic heterocycles. The van der Waals surface area contributed by atoms with Gasteiger partial charge in [0.15, 0.2) is 11.3 Å². The zero-order chi connectivity index (χ0) is 19.8. The Balaban J connectivity index is 1.45. The quantitative estimate of drug-likeness (QED) is 0.491. The number of para-hydroxylation sites is 1. The van der Waals surface area contributed by atoms with E-state index < -0.39 is 0 Å². The Labute approximate surface area is 164 Å². The molecular weight excluding hydrogens is 368 g/mol. The van der Waals surface area contributed by atoms with Crippen molar-refractivity contribution in [3.8, 4) is 11.3 Å². The van der Waals surface area contributed by atoms with Crippen LogP contribution in [0.3, 0.4) is 0 Å². The molecule has 0 aliphatic heterocycles. The minimum Gasteiger partial charge on any atom is -0.355 e. The van der Waals surface area contributed by atoms with E-state index in [1.807, 2.05) is 42.5 Å². The van der Waals surface area contributed by atoms with Gasteiger partial charge in [0.25, 0.3) is 11.5 Å². The second-order valence-corrected chi connectivity index (χ2v) is 6.51. The highest BCUT2D eigenvalue weighted by molar-refractivity contribution is 6.10. The average molecular weight is 382 g/mol. The van der Waals surface area contributed by atoms with Gasteiger partial charge in [-0.15, -0.1) is 0 Å². The third kappa shape index (κ3) is 2.94. The van der Waals surface area contributed by atoms with Crippen molar-refractivity contribution < 1.29 is 9.32 Å². The van der Waals surface area contributed by atoms with Gasteiger partial charge in [-0.05, 0) is 30.3 Å². The second-order valence-electron chi connectivity index (χ2n) is 6.51. The number of aromatic amines is 1. The summed E-state index contributed by atoms with van der Waals surface area (Å²) in [4.78, 5) is 24.5. The lowest BCUT2D eigenvalue weighted by Gasteiger charge is -2.07. The molecule has 0 radical (unpaired) electrons. The molecule has 0 bridgehead atoms. The molecule has 5 rings (SSSR count). The number of anilines is 1. The van der Waals surface area contributed by atoms with E-state index >= 15 is 0 Å². The van der Waals surface area contributed by atoms with Gasteiger partial charge in [-0.25, -0.2) is 5.10 Å². The molecule has 0 aliphatic rings. The Morgan fingerprint density at radius 2 is 1.55 bits per heavy atom. The van der Waals surface area contributed by atoms with E-state index in [-0.39, 0.29) is 17.2 Å². The first kappa shape index (κ1) is 16.9. The van der Waals surface area contributed by atoms with Crippen LogP contribution in [0.5, 0.6) is 0 Å². The Bertz CT molecular complexity index is 1420. The first-order valence-electron chi connectivity index (χ1n) is 8.94. The summed E-state index contributed by atoms with van der Waals surface area (Å²) in [6.07, 6.45) is 0. The lowest BCUT2D eigenvalue weighted by Crippen LogP contribution is -2.12. The standard InChI is InChI=1S/C22H14N4O3/c27-21-16-6-2-1-5-15(16)19(24-25-21)13-9-11-14(12-10-13)23-22(28)20-17-7-3-4-8-18(17)29-26-20/h1-12H,(H,23,28)(H,25,27). The molecular formula is C22H14N4O3. The number of H-pyrrole nitrogens is 1. The smallest absolute Gasteiger partial charge is 0.278 e. The Morgan fingerprint density at radius 1 is 0.862 bits per heavy atom. The predicted molar refractivity (Wildman–Crippen MR) is 110 cm³/mol. The molecule has 3 aromatic carbocycles. The van der Waals surface area contributed by atoms with Crippen molar-refractivity contribution in [2.24, 2.45) is 0 Å². The van der Waals surface area contributed by atoms with E-state index in [4.69, 9.17) is 4.52 Å². The number of hydrogen-bond acceptors (Lipinski definition) is 5. The highest BCUT2D eigenvalue weighted by Crippen LogP contribution is 2.26. The van der Waals surface area contributed by atoms with Gasteiger partial charge in [0.1, 0.15) is 0 Å². The first-order valence-corrected chi connectivity index (χ1v) is 8.94. The fraction of sp³-hybridized carbons (Fsp3) is 0. The van der Waals surface area contributed by atoms with Crippen LogP contribution in [0.4, 0.5) is 5.69 Å². The number of aromatic nitrogens is 3. The first-order chi connectivity index (χ1) is 14.2. The Hall–Kier alpha value is -4.26. The number of carbonyl (C=O) groups is 1. The van der Waals surface area contributed by atoms with Crippen molar-refractivity contribution in [3.05, 3.63) is 88.8 Å². The highest BCUT2D eigenvalue weighted by atomic mass is 16.5. The van der Waals surface area contributed by atoms with Crippen molar-refractivity contribution in [3.63, 3.8) is 0 Å². The molecule has 2 heterocycles. The molecule has 5 aromatic rings. The predicted octanol–water partition coefficient (Wildman–Crippen LogP) is 3.98. The number of benzene rings is 3. The van der Waals surface area contributed by atoms with Gasteiger partial charge in [0.2, 0.25) is 0 Å². The number of hydrogen-bond donors (Lipinski definition) is 2. The van der Waals surface area contributed by atoms with E-state index in [0.29, 0.717) is 27.7 Å². The summed E-state index contributed by atoms with van der Waals surface area (Å²) in [6, 6.07) is 21.7. The van der Waals surface area contributed by atoms with Crippen molar-refractivity contribution in [1.82, 2.24) is 15.4 Å². The average Bonchev–Trinajstić information content (AvgIpc) is 3.19. The molecule has 140 valence electrons.